The SMILES string of the molecule is O=C(Nc1ccc(F)c(C(F)(F)F)c1)c1cc(S(=O)(=O)NC2CCCC2)c(F)cc1Br. The minimum Gasteiger partial charge on any atom is -0.322 e. The highest BCUT2D eigenvalue weighted by Crippen LogP contribution is 2.33. The molecule has 1 amide bonds. The molecule has 0 heterocycles. The molecule has 0 bridgehead atoms. The number of carbonyl (C=O) groups is 1. The van der Waals surface area contributed by atoms with Crippen LogP contribution in [0.5, 0.6) is 0 Å². The molecule has 2 N–H and O–H groups in total. The standard InChI is InChI=1S/C19H16BrF5N2O3S/c20-14-9-16(22)17(31(29,30)27-10-3-1-2-4-10)8-12(14)18(28)26-11-5-6-15(21)13(7-11)19(23,24)25/h5-10,27H,1-4H2,(H,26,28). The van der Waals surface area contributed by atoms with Gasteiger partial charge in [0, 0.05) is 16.2 Å². The first-order valence-corrected chi connectivity index (χ1v) is 11.4. The van der Waals surface area contributed by atoms with Gasteiger partial charge in [0.1, 0.15) is 16.5 Å². The molecule has 2 aromatic rings. The van der Waals surface area contributed by atoms with E-state index in [1.807, 2.05) is 0 Å². The summed E-state index contributed by atoms with van der Waals surface area (Å²) in [5.74, 6) is -3.63. The number of hydrogen-bond acceptors (Lipinski definition) is 3. The fraction of sp³-hybridized carbons (Fsp3) is 0.316. The van der Waals surface area contributed by atoms with Gasteiger partial charge in [-0.05, 0) is 59.1 Å². The smallest absolute Gasteiger partial charge is 0.322 e. The van der Waals surface area contributed by atoms with E-state index in [1.165, 1.54) is 0 Å². The van der Waals surface area contributed by atoms with E-state index in [9.17, 15) is 35.2 Å². The number of halogens is 6. The minimum absolute atomic E-state index is 0.111. The summed E-state index contributed by atoms with van der Waals surface area (Å²) in [6, 6.07) is 3.10. The van der Waals surface area contributed by atoms with Gasteiger partial charge in [-0.1, -0.05) is 12.8 Å². The Hall–Kier alpha value is -2.05. The van der Waals surface area contributed by atoms with Crippen molar-refractivity contribution in [2.75, 3.05) is 5.32 Å². The van der Waals surface area contributed by atoms with Gasteiger partial charge >= 0.3 is 6.18 Å². The molecule has 1 aliphatic carbocycles. The Balaban J connectivity index is 1.91. The summed E-state index contributed by atoms with van der Waals surface area (Å²) in [7, 11) is -4.28. The molecule has 1 fully saturated rings. The van der Waals surface area contributed by atoms with Crippen LogP contribution in [0.4, 0.5) is 27.6 Å². The second-order valence-corrected chi connectivity index (χ2v) is 9.55. The zero-order valence-electron chi connectivity index (χ0n) is 15.7. The van der Waals surface area contributed by atoms with Gasteiger partial charge < -0.3 is 5.32 Å². The van der Waals surface area contributed by atoms with Crippen molar-refractivity contribution in [2.45, 2.75) is 42.8 Å². The molecule has 0 spiro atoms. The summed E-state index contributed by atoms with van der Waals surface area (Å²) < 4.78 is 93.9. The lowest BCUT2D eigenvalue weighted by molar-refractivity contribution is -0.139. The van der Waals surface area contributed by atoms with Crippen molar-refractivity contribution in [3.63, 3.8) is 0 Å². The lowest BCUT2D eigenvalue weighted by Gasteiger charge is -2.15. The largest absolute Gasteiger partial charge is 0.419 e. The van der Waals surface area contributed by atoms with Crippen molar-refractivity contribution < 1.29 is 35.2 Å². The highest BCUT2D eigenvalue weighted by atomic mass is 79.9. The van der Waals surface area contributed by atoms with Gasteiger partial charge in [-0.25, -0.2) is 21.9 Å². The van der Waals surface area contributed by atoms with Crippen LogP contribution in [0.1, 0.15) is 41.6 Å². The zero-order valence-corrected chi connectivity index (χ0v) is 18.1. The maximum Gasteiger partial charge on any atom is 0.419 e. The highest BCUT2D eigenvalue weighted by Gasteiger charge is 2.34. The Kier molecular flexibility index (Phi) is 6.72. The molecule has 2 aromatic carbocycles. The number of amides is 1. The van der Waals surface area contributed by atoms with E-state index in [1.54, 1.807) is 0 Å². The molecule has 168 valence electrons. The number of sulfonamides is 1. The molecule has 0 aliphatic heterocycles. The van der Waals surface area contributed by atoms with Crippen LogP contribution in [0.25, 0.3) is 0 Å². The summed E-state index contributed by atoms with van der Waals surface area (Å²) in [6.07, 6.45) is -2.09. The quantitative estimate of drug-likeness (QED) is 0.524. The van der Waals surface area contributed by atoms with Crippen LogP contribution < -0.4 is 10.0 Å². The molecule has 0 aromatic heterocycles. The number of benzene rings is 2. The molecule has 1 aliphatic rings. The van der Waals surface area contributed by atoms with Crippen LogP contribution in [0.15, 0.2) is 39.7 Å². The van der Waals surface area contributed by atoms with Crippen molar-refractivity contribution >= 4 is 37.5 Å². The van der Waals surface area contributed by atoms with Gasteiger partial charge in [0.15, 0.2) is 0 Å². The molecular formula is C19H16BrF5N2O3S. The Morgan fingerprint density at radius 1 is 1.03 bits per heavy atom. The van der Waals surface area contributed by atoms with Crippen LogP contribution in [-0.2, 0) is 16.2 Å². The number of hydrogen-bond donors (Lipinski definition) is 2. The van der Waals surface area contributed by atoms with E-state index in [0.717, 1.165) is 31.0 Å². The van der Waals surface area contributed by atoms with Gasteiger partial charge in [-0.15, -0.1) is 0 Å². The van der Waals surface area contributed by atoms with Crippen molar-refractivity contribution in [3.8, 4) is 0 Å². The second-order valence-electron chi connectivity index (χ2n) is 7.01. The fourth-order valence-electron chi connectivity index (χ4n) is 3.25. The monoisotopic (exact) mass is 526 g/mol. The van der Waals surface area contributed by atoms with E-state index >= 15 is 0 Å². The van der Waals surface area contributed by atoms with E-state index in [2.05, 4.69) is 26.0 Å². The molecular weight excluding hydrogens is 511 g/mol. The van der Waals surface area contributed by atoms with Gasteiger partial charge in [0.05, 0.1) is 11.1 Å². The fourth-order valence-corrected chi connectivity index (χ4v) is 5.14. The summed E-state index contributed by atoms with van der Waals surface area (Å²) in [6.45, 7) is 0. The Morgan fingerprint density at radius 2 is 1.68 bits per heavy atom. The summed E-state index contributed by atoms with van der Waals surface area (Å²) >= 11 is 2.95. The molecule has 1 saturated carbocycles. The number of nitrogens with one attached hydrogen (secondary N) is 2. The van der Waals surface area contributed by atoms with Gasteiger partial charge in [-0.3, -0.25) is 4.79 Å². The average molecular weight is 527 g/mol. The maximum atomic E-state index is 14.4. The third-order valence-corrected chi connectivity index (χ3v) is 6.95. The normalized spacial score (nSPS) is 15.3. The van der Waals surface area contributed by atoms with E-state index < -0.39 is 44.2 Å². The zero-order chi connectivity index (χ0) is 23.0. The van der Waals surface area contributed by atoms with Crippen molar-refractivity contribution in [2.24, 2.45) is 0 Å². The van der Waals surface area contributed by atoms with Gasteiger partial charge in [-0.2, -0.15) is 13.2 Å². The van der Waals surface area contributed by atoms with Crippen LogP contribution in [-0.4, -0.2) is 20.4 Å². The molecule has 0 radical (unpaired) electrons. The molecule has 0 atom stereocenters. The van der Waals surface area contributed by atoms with Gasteiger partial charge in [0.2, 0.25) is 10.0 Å². The third kappa shape index (κ3) is 5.42. The highest BCUT2D eigenvalue weighted by molar-refractivity contribution is 9.10. The summed E-state index contributed by atoms with van der Waals surface area (Å²) in [5, 5.41) is 2.14. The summed E-state index contributed by atoms with van der Waals surface area (Å²) in [5.41, 5.74) is -2.28. The van der Waals surface area contributed by atoms with Crippen molar-refractivity contribution in [1.82, 2.24) is 4.72 Å². The molecule has 0 saturated heterocycles. The number of carbonyl (C=O) groups excluding carboxylic acids is 1. The van der Waals surface area contributed by atoms with E-state index in [-0.39, 0.29) is 21.8 Å². The third-order valence-electron chi connectivity index (χ3n) is 4.76. The Labute approximate surface area is 183 Å². The molecule has 5 nitrogen and oxygen atoms in total. The van der Waals surface area contributed by atoms with Crippen molar-refractivity contribution in [3.05, 3.63) is 57.6 Å². The maximum absolute atomic E-state index is 14.4. The van der Waals surface area contributed by atoms with Gasteiger partial charge in [0.25, 0.3) is 5.91 Å². The first kappa shape index (κ1) is 23.6. The Bertz CT molecular complexity index is 1120. The molecule has 31 heavy (non-hydrogen) atoms. The van der Waals surface area contributed by atoms with Crippen LogP contribution in [0.2, 0.25) is 0 Å². The summed E-state index contributed by atoms with van der Waals surface area (Å²) in [4.78, 5) is 11.8. The number of anilines is 1. The second kappa shape index (κ2) is 8.83. The Morgan fingerprint density at radius 3 is 2.29 bits per heavy atom. The molecule has 3 rings (SSSR count). The van der Waals surface area contributed by atoms with Crippen LogP contribution >= 0.6 is 15.9 Å². The van der Waals surface area contributed by atoms with E-state index in [4.69, 9.17) is 0 Å². The predicted octanol–water partition coefficient (Wildman–Crippen LogP) is 5.22. The predicted molar refractivity (Wildman–Crippen MR) is 106 cm³/mol. The lowest BCUT2D eigenvalue weighted by Crippen LogP contribution is -2.33. The van der Waals surface area contributed by atoms with Crippen LogP contribution in [0, 0.1) is 11.6 Å². The molecule has 0 unspecified atom stereocenters. The number of alkyl halides is 3. The minimum atomic E-state index is -4.98. The first-order valence-electron chi connectivity index (χ1n) is 9.08. The molecule has 12 heteroatoms. The average Bonchev–Trinajstić information content (AvgIpc) is 3.14. The topological polar surface area (TPSA) is 75.3 Å². The lowest BCUT2D eigenvalue weighted by atomic mass is 10.1. The van der Waals surface area contributed by atoms with Crippen LogP contribution in [0.3, 0.4) is 0 Å². The first-order chi connectivity index (χ1) is 14.4. The van der Waals surface area contributed by atoms with E-state index in [0.29, 0.717) is 25.0 Å². The van der Waals surface area contributed by atoms with Crippen molar-refractivity contribution in [1.29, 1.82) is 0 Å². The number of rotatable bonds is 5.